The van der Waals surface area contributed by atoms with E-state index in [0.29, 0.717) is 6.54 Å². The Balaban J connectivity index is 3.39. The van der Waals surface area contributed by atoms with Crippen LogP contribution in [0.1, 0.15) is 23.6 Å². The van der Waals surface area contributed by atoms with E-state index in [4.69, 9.17) is 16.2 Å². The van der Waals surface area contributed by atoms with Crippen LogP contribution >= 0.6 is 0 Å². The Labute approximate surface area is 91.4 Å². The average molecular weight is 208 g/mol. The normalized spacial score (nSPS) is 14.8. The molecule has 0 saturated heterocycles. The fourth-order valence-corrected chi connectivity index (χ4v) is 1.76. The lowest BCUT2D eigenvalue weighted by Gasteiger charge is -2.26. The Morgan fingerprint density at radius 1 is 1.33 bits per heavy atom. The number of methoxy groups -OCH3 is 1. The summed E-state index contributed by atoms with van der Waals surface area (Å²) in [6.07, 6.45) is 0. The molecule has 1 atom stereocenters. The van der Waals surface area contributed by atoms with Gasteiger partial charge in [-0.3, -0.25) is 0 Å². The van der Waals surface area contributed by atoms with Crippen molar-refractivity contribution in [2.24, 2.45) is 11.5 Å². The van der Waals surface area contributed by atoms with Crippen LogP contribution in [0.15, 0.2) is 12.1 Å². The van der Waals surface area contributed by atoms with Crippen LogP contribution in [-0.2, 0) is 5.54 Å². The van der Waals surface area contributed by atoms with Gasteiger partial charge in [0.25, 0.3) is 0 Å². The molecular formula is C12H20N2O. The third-order valence-electron chi connectivity index (χ3n) is 2.66. The monoisotopic (exact) mass is 208 g/mol. The topological polar surface area (TPSA) is 61.3 Å². The van der Waals surface area contributed by atoms with Crippen LogP contribution in [0.2, 0.25) is 0 Å². The summed E-state index contributed by atoms with van der Waals surface area (Å²) in [5.41, 5.74) is 14.5. The molecular weight excluding hydrogens is 188 g/mol. The third-order valence-corrected chi connectivity index (χ3v) is 2.66. The van der Waals surface area contributed by atoms with Gasteiger partial charge < -0.3 is 16.2 Å². The lowest BCUT2D eigenvalue weighted by molar-refractivity contribution is 0.386. The molecule has 0 bridgehead atoms. The highest BCUT2D eigenvalue weighted by molar-refractivity contribution is 5.47. The van der Waals surface area contributed by atoms with E-state index in [9.17, 15) is 0 Å². The highest BCUT2D eigenvalue weighted by atomic mass is 16.5. The quantitative estimate of drug-likeness (QED) is 0.790. The molecule has 1 aromatic carbocycles. The zero-order valence-corrected chi connectivity index (χ0v) is 9.92. The van der Waals surface area contributed by atoms with E-state index in [0.717, 1.165) is 16.9 Å². The van der Waals surface area contributed by atoms with Gasteiger partial charge in [-0.05, 0) is 26.3 Å². The van der Waals surface area contributed by atoms with Crippen LogP contribution < -0.4 is 16.2 Å². The fourth-order valence-electron chi connectivity index (χ4n) is 1.76. The number of ether oxygens (including phenoxy) is 1. The first-order chi connectivity index (χ1) is 6.92. The molecule has 84 valence electrons. The second kappa shape index (κ2) is 4.21. The summed E-state index contributed by atoms with van der Waals surface area (Å²) in [4.78, 5) is 0. The van der Waals surface area contributed by atoms with E-state index in [-0.39, 0.29) is 0 Å². The van der Waals surface area contributed by atoms with Crippen molar-refractivity contribution in [2.45, 2.75) is 26.3 Å². The van der Waals surface area contributed by atoms with Crippen molar-refractivity contribution < 1.29 is 4.74 Å². The van der Waals surface area contributed by atoms with Crippen LogP contribution in [0.4, 0.5) is 0 Å². The fraction of sp³-hybridized carbons (Fsp3) is 0.500. The van der Waals surface area contributed by atoms with Gasteiger partial charge in [-0.1, -0.05) is 17.7 Å². The van der Waals surface area contributed by atoms with Gasteiger partial charge in [0.15, 0.2) is 0 Å². The smallest absolute Gasteiger partial charge is 0.126 e. The highest BCUT2D eigenvalue weighted by Gasteiger charge is 2.24. The van der Waals surface area contributed by atoms with Gasteiger partial charge in [-0.15, -0.1) is 0 Å². The van der Waals surface area contributed by atoms with Crippen LogP contribution in [0.3, 0.4) is 0 Å². The zero-order valence-electron chi connectivity index (χ0n) is 9.92. The molecule has 0 spiro atoms. The molecule has 0 aliphatic heterocycles. The lowest BCUT2D eigenvalue weighted by atomic mass is 9.89. The molecule has 15 heavy (non-hydrogen) atoms. The SMILES string of the molecule is COc1c(C)cc(C)cc1C(C)(N)CN. The van der Waals surface area contributed by atoms with Crippen LogP contribution in [-0.4, -0.2) is 13.7 Å². The molecule has 1 rings (SSSR count). The number of aryl methyl sites for hydroxylation is 2. The van der Waals surface area contributed by atoms with Gasteiger partial charge in [0.2, 0.25) is 0 Å². The summed E-state index contributed by atoms with van der Waals surface area (Å²) in [6, 6.07) is 4.12. The molecule has 3 nitrogen and oxygen atoms in total. The van der Waals surface area contributed by atoms with Crippen molar-refractivity contribution in [3.05, 3.63) is 28.8 Å². The van der Waals surface area contributed by atoms with Crippen molar-refractivity contribution in [1.29, 1.82) is 0 Å². The third kappa shape index (κ3) is 2.30. The second-order valence-electron chi connectivity index (χ2n) is 4.28. The van der Waals surface area contributed by atoms with E-state index in [1.165, 1.54) is 5.56 Å². The molecule has 0 fully saturated rings. The Hall–Kier alpha value is -1.06. The number of rotatable bonds is 3. The molecule has 0 heterocycles. The molecule has 1 unspecified atom stereocenters. The van der Waals surface area contributed by atoms with Gasteiger partial charge in [0, 0.05) is 12.1 Å². The van der Waals surface area contributed by atoms with Crippen LogP contribution in [0.25, 0.3) is 0 Å². The van der Waals surface area contributed by atoms with Crippen molar-refractivity contribution in [3.8, 4) is 5.75 Å². The summed E-state index contributed by atoms with van der Waals surface area (Å²) < 4.78 is 5.38. The van der Waals surface area contributed by atoms with E-state index in [1.54, 1.807) is 7.11 Å². The van der Waals surface area contributed by atoms with Crippen molar-refractivity contribution >= 4 is 0 Å². The summed E-state index contributed by atoms with van der Waals surface area (Å²) in [5.74, 6) is 0.844. The maximum atomic E-state index is 6.15. The largest absolute Gasteiger partial charge is 0.496 e. The Morgan fingerprint density at radius 3 is 2.40 bits per heavy atom. The Bertz CT molecular complexity index is 359. The molecule has 0 aliphatic carbocycles. The van der Waals surface area contributed by atoms with E-state index in [2.05, 4.69) is 6.07 Å². The summed E-state index contributed by atoms with van der Waals surface area (Å²) >= 11 is 0. The number of hydrogen-bond donors (Lipinski definition) is 2. The molecule has 4 N–H and O–H groups in total. The molecule has 0 aliphatic rings. The molecule has 1 aromatic rings. The standard InChI is InChI=1S/C12H20N2O/c1-8-5-9(2)11(15-4)10(6-8)12(3,14)7-13/h5-6H,7,13-14H2,1-4H3. The molecule has 0 amide bonds. The zero-order chi connectivity index (χ0) is 11.6. The first-order valence-corrected chi connectivity index (χ1v) is 5.07. The van der Waals surface area contributed by atoms with E-state index < -0.39 is 5.54 Å². The van der Waals surface area contributed by atoms with Crippen molar-refractivity contribution in [1.82, 2.24) is 0 Å². The van der Waals surface area contributed by atoms with Crippen LogP contribution in [0, 0.1) is 13.8 Å². The average Bonchev–Trinajstić information content (AvgIpc) is 2.16. The Morgan fingerprint density at radius 2 is 1.93 bits per heavy atom. The van der Waals surface area contributed by atoms with Gasteiger partial charge >= 0.3 is 0 Å². The van der Waals surface area contributed by atoms with Crippen molar-refractivity contribution in [2.75, 3.05) is 13.7 Å². The first kappa shape index (κ1) is 12.0. The Kier molecular flexibility index (Phi) is 3.37. The maximum absolute atomic E-state index is 6.15. The highest BCUT2D eigenvalue weighted by Crippen LogP contribution is 2.31. The number of hydrogen-bond acceptors (Lipinski definition) is 3. The van der Waals surface area contributed by atoms with Crippen LogP contribution in [0.5, 0.6) is 5.75 Å². The van der Waals surface area contributed by atoms with Gasteiger partial charge in [-0.2, -0.15) is 0 Å². The summed E-state index contributed by atoms with van der Waals surface area (Å²) in [7, 11) is 1.66. The second-order valence-corrected chi connectivity index (χ2v) is 4.28. The molecule has 3 heteroatoms. The van der Waals surface area contributed by atoms with Crippen molar-refractivity contribution in [3.63, 3.8) is 0 Å². The lowest BCUT2D eigenvalue weighted by Crippen LogP contribution is -2.41. The van der Waals surface area contributed by atoms with E-state index >= 15 is 0 Å². The maximum Gasteiger partial charge on any atom is 0.126 e. The minimum Gasteiger partial charge on any atom is -0.496 e. The molecule has 0 aromatic heterocycles. The number of nitrogens with two attached hydrogens (primary N) is 2. The van der Waals surface area contributed by atoms with E-state index in [1.807, 2.05) is 26.8 Å². The summed E-state index contributed by atoms with van der Waals surface area (Å²) in [5, 5.41) is 0. The predicted octanol–water partition coefficient (Wildman–Crippen LogP) is 1.44. The van der Waals surface area contributed by atoms with Gasteiger partial charge in [0.1, 0.15) is 5.75 Å². The predicted molar refractivity (Wildman–Crippen MR) is 63.1 cm³/mol. The van der Waals surface area contributed by atoms with Gasteiger partial charge in [0.05, 0.1) is 12.6 Å². The number of benzene rings is 1. The summed E-state index contributed by atoms with van der Waals surface area (Å²) in [6.45, 7) is 6.38. The molecule has 0 radical (unpaired) electrons. The van der Waals surface area contributed by atoms with Gasteiger partial charge in [-0.25, -0.2) is 0 Å². The minimum atomic E-state index is -0.540. The molecule has 0 saturated carbocycles. The minimum absolute atomic E-state index is 0.395. The first-order valence-electron chi connectivity index (χ1n) is 5.07.